The number of anilines is 1. The van der Waals surface area contributed by atoms with Gasteiger partial charge < -0.3 is 9.88 Å². The molecular formula is C16H20N4OS. The normalized spacial score (nSPS) is 14.1. The van der Waals surface area contributed by atoms with Crippen molar-refractivity contribution >= 4 is 23.4 Å². The van der Waals surface area contributed by atoms with Crippen molar-refractivity contribution in [3.8, 4) is 0 Å². The van der Waals surface area contributed by atoms with Gasteiger partial charge in [-0.05, 0) is 56.9 Å². The minimum atomic E-state index is -0.0157. The van der Waals surface area contributed by atoms with E-state index in [1.807, 2.05) is 32.9 Å². The number of nitrogens with zero attached hydrogens (tertiary/aromatic N) is 3. The second-order valence-corrected chi connectivity index (χ2v) is 6.79. The van der Waals surface area contributed by atoms with Crippen molar-refractivity contribution in [1.82, 2.24) is 14.8 Å². The minimum Gasteiger partial charge on any atom is -0.325 e. The number of carbonyl (C=O) groups excluding carboxylic acids is 1. The molecule has 6 heteroatoms. The molecule has 1 saturated carbocycles. The molecule has 1 heterocycles. The predicted octanol–water partition coefficient (Wildman–Crippen LogP) is 3.27. The zero-order valence-electron chi connectivity index (χ0n) is 13.1. The Hall–Kier alpha value is -1.82. The highest BCUT2D eigenvalue weighted by atomic mass is 32.2. The summed E-state index contributed by atoms with van der Waals surface area (Å²) in [5, 5.41) is 12.1. The second kappa shape index (κ2) is 6.12. The summed E-state index contributed by atoms with van der Waals surface area (Å²) in [5.74, 6) is 1.26. The van der Waals surface area contributed by atoms with Crippen LogP contribution in [0.15, 0.2) is 23.4 Å². The highest BCUT2D eigenvalue weighted by molar-refractivity contribution is 7.99. The minimum absolute atomic E-state index is 0.0157. The molecule has 1 aromatic heterocycles. The average Bonchev–Trinajstić information content (AvgIpc) is 3.19. The lowest BCUT2D eigenvalue weighted by Gasteiger charge is -2.08. The maximum absolute atomic E-state index is 12.1. The van der Waals surface area contributed by atoms with Gasteiger partial charge in [-0.15, -0.1) is 10.2 Å². The van der Waals surface area contributed by atoms with Gasteiger partial charge in [0, 0.05) is 11.7 Å². The second-order valence-electron chi connectivity index (χ2n) is 5.84. The van der Waals surface area contributed by atoms with Crippen LogP contribution in [0.1, 0.15) is 35.8 Å². The average molecular weight is 316 g/mol. The van der Waals surface area contributed by atoms with E-state index in [-0.39, 0.29) is 5.91 Å². The van der Waals surface area contributed by atoms with Crippen molar-refractivity contribution in [2.75, 3.05) is 11.1 Å². The van der Waals surface area contributed by atoms with Crippen molar-refractivity contribution in [2.24, 2.45) is 0 Å². The first-order chi connectivity index (χ1) is 10.5. The van der Waals surface area contributed by atoms with Crippen LogP contribution < -0.4 is 5.32 Å². The molecule has 1 amide bonds. The van der Waals surface area contributed by atoms with Crippen LogP contribution >= 0.6 is 11.8 Å². The SMILES string of the molecule is Cc1cc(C)cc(NC(=O)CSc2nnc(C)n2C2CC2)c1. The molecule has 3 rings (SSSR count). The summed E-state index contributed by atoms with van der Waals surface area (Å²) in [5.41, 5.74) is 3.14. The van der Waals surface area contributed by atoms with Gasteiger partial charge in [0.25, 0.3) is 0 Å². The highest BCUT2D eigenvalue weighted by Gasteiger charge is 2.28. The Balaban J connectivity index is 1.60. The summed E-state index contributed by atoms with van der Waals surface area (Å²) >= 11 is 1.45. The van der Waals surface area contributed by atoms with Gasteiger partial charge >= 0.3 is 0 Å². The van der Waals surface area contributed by atoms with Gasteiger partial charge in [-0.3, -0.25) is 4.79 Å². The lowest BCUT2D eigenvalue weighted by molar-refractivity contribution is -0.113. The number of thioether (sulfide) groups is 1. The Kier molecular flexibility index (Phi) is 4.20. The molecular weight excluding hydrogens is 296 g/mol. The fourth-order valence-corrected chi connectivity index (χ4v) is 3.43. The van der Waals surface area contributed by atoms with Crippen molar-refractivity contribution in [3.05, 3.63) is 35.2 Å². The molecule has 1 aromatic carbocycles. The smallest absolute Gasteiger partial charge is 0.234 e. The number of aryl methyl sites for hydroxylation is 3. The van der Waals surface area contributed by atoms with E-state index < -0.39 is 0 Å². The number of benzene rings is 1. The van der Waals surface area contributed by atoms with Crippen LogP contribution in [0.3, 0.4) is 0 Å². The molecule has 0 aliphatic heterocycles. The van der Waals surface area contributed by atoms with Gasteiger partial charge in [0.2, 0.25) is 5.91 Å². The van der Waals surface area contributed by atoms with E-state index in [9.17, 15) is 4.79 Å². The fourth-order valence-electron chi connectivity index (χ4n) is 2.58. The highest BCUT2D eigenvalue weighted by Crippen LogP contribution is 2.38. The largest absolute Gasteiger partial charge is 0.325 e. The lowest BCUT2D eigenvalue weighted by Crippen LogP contribution is -2.15. The molecule has 0 atom stereocenters. The molecule has 0 spiro atoms. The first kappa shape index (κ1) is 15.1. The Morgan fingerprint density at radius 1 is 1.23 bits per heavy atom. The van der Waals surface area contributed by atoms with E-state index in [1.54, 1.807) is 0 Å². The van der Waals surface area contributed by atoms with Crippen LogP contribution in [0.5, 0.6) is 0 Å². The molecule has 0 bridgehead atoms. The zero-order chi connectivity index (χ0) is 15.7. The molecule has 5 nitrogen and oxygen atoms in total. The number of nitrogens with one attached hydrogen (secondary N) is 1. The van der Waals surface area contributed by atoms with Crippen LogP contribution in [0, 0.1) is 20.8 Å². The van der Waals surface area contributed by atoms with E-state index in [0.29, 0.717) is 11.8 Å². The molecule has 0 radical (unpaired) electrons. The number of carbonyl (C=O) groups is 1. The first-order valence-corrected chi connectivity index (χ1v) is 8.44. The lowest BCUT2D eigenvalue weighted by atomic mass is 10.1. The van der Waals surface area contributed by atoms with Gasteiger partial charge in [-0.25, -0.2) is 0 Å². The van der Waals surface area contributed by atoms with Gasteiger partial charge in [-0.2, -0.15) is 0 Å². The van der Waals surface area contributed by atoms with Crippen LogP contribution in [0.2, 0.25) is 0 Å². The van der Waals surface area contributed by atoms with E-state index in [2.05, 4.69) is 26.1 Å². The Labute approximate surface area is 134 Å². The number of hydrogen-bond donors (Lipinski definition) is 1. The summed E-state index contributed by atoms with van der Waals surface area (Å²) in [7, 11) is 0. The monoisotopic (exact) mass is 316 g/mol. The molecule has 2 aromatic rings. The van der Waals surface area contributed by atoms with E-state index in [4.69, 9.17) is 0 Å². The summed E-state index contributed by atoms with van der Waals surface area (Å²) in [6, 6.07) is 6.57. The Morgan fingerprint density at radius 2 is 1.91 bits per heavy atom. The Bertz CT molecular complexity index is 686. The van der Waals surface area contributed by atoms with E-state index in [1.165, 1.54) is 24.6 Å². The molecule has 116 valence electrons. The first-order valence-electron chi connectivity index (χ1n) is 7.45. The van der Waals surface area contributed by atoms with Gasteiger partial charge in [0.15, 0.2) is 5.16 Å². The summed E-state index contributed by atoms with van der Waals surface area (Å²) in [6.45, 7) is 6.02. The van der Waals surface area contributed by atoms with Crippen LogP contribution in [-0.4, -0.2) is 26.4 Å². The van der Waals surface area contributed by atoms with Crippen LogP contribution in [0.4, 0.5) is 5.69 Å². The van der Waals surface area contributed by atoms with Crippen LogP contribution in [0.25, 0.3) is 0 Å². The standard InChI is InChI=1S/C16H20N4OS/c1-10-6-11(2)8-13(7-10)17-15(21)9-22-16-19-18-12(3)20(16)14-4-5-14/h6-8,14H,4-5,9H2,1-3H3,(H,17,21). The van der Waals surface area contributed by atoms with Crippen molar-refractivity contribution in [3.63, 3.8) is 0 Å². The molecule has 1 aliphatic rings. The van der Waals surface area contributed by atoms with Gasteiger partial charge in [-0.1, -0.05) is 17.8 Å². The molecule has 22 heavy (non-hydrogen) atoms. The van der Waals surface area contributed by atoms with Crippen molar-refractivity contribution in [1.29, 1.82) is 0 Å². The van der Waals surface area contributed by atoms with Crippen molar-refractivity contribution in [2.45, 2.75) is 44.8 Å². The maximum Gasteiger partial charge on any atom is 0.234 e. The maximum atomic E-state index is 12.1. The number of aromatic nitrogens is 3. The number of amides is 1. The van der Waals surface area contributed by atoms with Crippen LogP contribution in [-0.2, 0) is 4.79 Å². The quantitative estimate of drug-likeness (QED) is 0.860. The van der Waals surface area contributed by atoms with Crippen molar-refractivity contribution < 1.29 is 4.79 Å². The number of rotatable bonds is 5. The molecule has 1 N–H and O–H groups in total. The van der Waals surface area contributed by atoms with E-state index in [0.717, 1.165) is 27.8 Å². The molecule has 0 saturated heterocycles. The third-order valence-electron chi connectivity index (χ3n) is 3.58. The van der Waals surface area contributed by atoms with Gasteiger partial charge in [0.05, 0.1) is 5.75 Å². The zero-order valence-corrected chi connectivity index (χ0v) is 13.9. The molecule has 1 fully saturated rings. The third kappa shape index (κ3) is 3.50. The summed E-state index contributed by atoms with van der Waals surface area (Å²) in [4.78, 5) is 12.1. The fraction of sp³-hybridized carbons (Fsp3) is 0.438. The molecule has 1 aliphatic carbocycles. The molecule has 0 unspecified atom stereocenters. The predicted molar refractivity (Wildman–Crippen MR) is 88.3 cm³/mol. The topological polar surface area (TPSA) is 59.8 Å². The summed E-state index contributed by atoms with van der Waals surface area (Å²) < 4.78 is 2.15. The number of hydrogen-bond acceptors (Lipinski definition) is 4. The summed E-state index contributed by atoms with van der Waals surface area (Å²) in [6.07, 6.45) is 2.36. The Morgan fingerprint density at radius 3 is 2.55 bits per heavy atom. The van der Waals surface area contributed by atoms with Gasteiger partial charge in [0.1, 0.15) is 5.82 Å². The van der Waals surface area contributed by atoms with E-state index >= 15 is 0 Å². The third-order valence-corrected chi connectivity index (χ3v) is 4.53.